The summed E-state index contributed by atoms with van der Waals surface area (Å²) in [4.78, 5) is 4.58. The van der Waals surface area contributed by atoms with Crippen LogP contribution in [0, 0.1) is 0 Å². The highest BCUT2D eigenvalue weighted by Crippen LogP contribution is 2.35. The number of rotatable bonds is 7. The molecule has 0 saturated heterocycles. The molecule has 0 aliphatic carbocycles. The van der Waals surface area contributed by atoms with Gasteiger partial charge in [0, 0.05) is 12.6 Å². The zero-order chi connectivity index (χ0) is 23.9. The first-order chi connectivity index (χ1) is 17.3. The summed E-state index contributed by atoms with van der Waals surface area (Å²) in [5.41, 5.74) is 6.47. The standard InChI is InChI=1S/C31H27N3O/c1-35-30-20-16-27(17-21-30)32-23-25-13-18-29(19-14-25)34-31(26-10-6-3-7-11-26)22-28(33-34)15-12-24-8-4-2-5-9-24/h2-21,23,31H,22H2,1H3. The second-order valence-corrected chi connectivity index (χ2v) is 8.36. The third-order valence-corrected chi connectivity index (χ3v) is 5.98. The number of allylic oxidation sites excluding steroid dienone is 1. The molecule has 4 heteroatoms. The number of hydrogen-bond donors (Lipinski definition) is 0. The second kappa shape index (κ2) is 10.7. The average molecular weight is 458 g/mol. The Morgan fingerprint density at radius 1 is 0.771 bits per heavy atom. The van der Waals surface area contributed by atoms with E-state index in [2.05, 4.69) is 101 Å². The third-order valence-electron chi connectivity index (χ3n) is 5.98. The molecule has 0 bridgehead atoms. The number of benzene rings is 4. The molecule has 5 rings (SSSR count). The van der Waals surface area contributed by atoms with E-state index >= 15 is 0 Å². The number of hydrogen-bond acceptors (Lipinski definition) is 4. The van der Waals surface area contributed by atoms with Gasteiger partial charge in [-0.15, -0.1) is 0 Å². The molecule has 0 radical (unpaired) electrons. The van der Waals surface area contributed by atoms with Gasteiger partial charge in [-0.2, -0.15) is 5.10 Å². The topological polar surface area (TPSA) is 37.2 Å². The first-order valence-corrected chi connectivity index (χ1v) is 11.7. The molecule has 1 aliphatic rings. The smallest absolute Gasteiger partial charge is 0.119 e. The number of nitrogens with zero attached hydrogens (tertiary/aromatic N) is 3. The minimum absolute atomic E-state index is 0.158. The number of methoxy groups -OCH3 is 1. The minimum atomic E-state index is 0.158. The maximum Gasteiger partial charge on any atom is 0.119 e. The normalized spacial score (nSPS) is 15.6. The Labute approximate surface area is 206 Å². The Bertz CT molecular complexity index is 1330. The fourth-order valence-corrected chi connectivity index (χ4v) is 4.09. The molecule has 1 unspecified atom stereocenters. The van der Waals surface area contributed by atoms with Crippen LogP contribution in [0.4, 0.5) is 11.4 Å². The average Bonchev–Trinajstić information content (AvgIpc) is 3.37. The largest absolute Gasteiger partial charge is 0.497 e. The Hall–Kier alpha value is -4.44. The van der Waals surface area contributed by atoms with E-state index in [1.165, 1.54) is 11.1 Å². The van der Waals surface area contributed by atoms with Crippen molar-refractivity contribution in [3.05, 3.63) is 132 Å². The quantitative estimate of drug-likeness (QED) is 0.270. The molecule has 1 aliphatic heterocycles. The van der Waals surface area contributed by atoms with Gasteiger partial charge in [-0.1, -0.05) is 78.9 Å². The van der Waals surface area contributed by atoms with Gasteiger partial charge in [0.15, 0.2) is 0 Å². The molecule has 0 aromatic heterocycles. The van der Waals surface area contributed by atoms with E-state index in [1.807, 2.05) is 36.5 Å². The van der Waals surface area contributed by atoms with Gasteiger partial charge in [0.05, 0.1) is 30.2 Å². The Kier molecular flexibility index (Phi) is 6.81. The molecule has 0 spiro atoms. The third kappa shape index (κ3) is 5.56. The zero-order valence-electron chi connectivity index (χ0n) is 19.7. The van der Waals surface area contributed by atoms with Gasteiger partial charge < -0.3 is 4.74 Å². The lowest BCUT2D eigenvalue weighted by molar-refractivity contribution is 0.415. The van der Waals surface area contributed by atoms with Crippen LogP contribution in [-0.2, 0) is 0 Å². The van der Waals surface area contributed by atoms with E-state index < -0.39 is 0 Å². The lowest BCUT2D eigenvalue weighted by atomic mass is 10.0. The van der Waals surface area contributed by atoms with Crippen molar-refractivity contribution in [1.82, 2.24) is 0 Å². The predicted molar refractivity (Wildman–Crippen MR) is 146 cm³/mol. The van der Waals surface area contributed by atoms with Crippen molar-refractivity contribution in [3.63, 3.8) is 0 Å². The van der Waals surface area contributed by atoms with Gasteiger partial charge in [-0.25, -0.2) is 0 Å². The van der Waals surface area contributed by atoms with E-state index in [0.717, 1.165) is 34.8 Å². The summed E-state index contributed by atoms with van der Waals surface area (Å²) in [6.07, 6.45) is 6.99. The van der Waals surface area contributed by atoms with Gasteiger partial charge >= 0.3 is 0 Å². The van der Waals surface area contributed by atoms with Crippen molar-refractivity contribution < 1.29 is 4.74 Å². The molecular weight excluding hydrogens is 430 g/mol. The molecule has 1 heterocycles. The fraction of sp³-hybridized carbons (Fsp3) is 0.0968. The van der Waals surface area contributed by atoms with Gasteiger partial charge in [-0.05, 0) is 59.2 Å². The van der Waals surface area contributed by atoms with Crippen molar-refractivity contribution in [2.75, 3.05) is 12.1 Å². The lowest BCUT2D eigenvalue weighted by Gasteiger charge is -2.24. The van der Waals surface area contributed by atoms with Crippen LogP contribution in [0.2, 0.25) is 0 Å². The van der Waals surface area contributed by atoms with E-state index in [1.54, 1.807) is 7.11 Å². The van der Waals surface area contributed by atoms with Crippen LogP contribution in [-0.4, -0.2) is 19.0 Å². The summed E-state index contributed by atoms with van der Waals surface area (Å²) in [6, 6.07) is 37.2. The Balaban J connectivity index is 1.37. The Morgan fingerprint density at radius 2 is 1.46 bits per heavy atom. The van der Waals surface area contributed by atoms with Gasteiger partial charge in [-0.3, -0.25) is 10.0 Å². The second-order valence-electron chi connectivity index (χ2n) is 8.36. The highest BCUT2D eigenvalue weighted by molar-refractivity contribution is 6.01. The number of hydrazone groups is 1. The molecule has 1 atom stereocenters. The maximum atomic E-state index is 5.21. The van der Waals surface area contributed by atoms with Crippen LogP contribution in [0.25, 0.3) is 6.08 Å². The SMILES string of the molecule is COc1ccc(N=Cc2ccc(N3N=C(C=Cc4ccccc4)CC3c3ccccc3)cc2)cc1. The molecule has 0 fully saturated rings. The van der Waals surface area contributed by atoms with E-state index in [9.17, 15) is 0 Å². The van der Waals surface area contributed by atoms with E-state index in [0.29, 0.717) is 0 Å². The predicted octanol–water partition coefficient (Wildman–Crippen LogP) is 7.47. The molecule has 4 nitrogen and oxygen atoms in total. The minimum Gasteiger partial charge on any atom is -0.497 e. The van der Waals surface area contributed by atoms with Crippen molar-refractivity contribution in [3.8, 4) is 5.75 Å². The van der Waals surface area contributed by atoms with Crippen LogP contribution in [0.1, 0.15) is 29.2 Å². The number of aliphatic imine (C=N–C) groups is 1. The van der Waals surface area contributed by atoms with Crippen LogP contribution in [0.3, 0.4) is 0 Å². The molecule has 0 saturated carbocycles. The lowest BCUT2D eigenvalue weighted by Crippen LogP contribution is -2.18. The highest BCUT2D eigenvalue weighted by Gasteiger charge is 2.28. The van der Waals surface area contributed by atoms with Gasteiger partial charge in [0.2, 0.25) is 0 Å². The molecule has 172 valence electrons. The first-order valence-electron chi connectivity index (χ1n) is 11.7. The molecule has 35 heavy (non-hydrogen) atoms. The summed E-state index contributed by atoms with van der Waals surface area (Å²) in [5, 5.41) is 7.12. The molecule has 4 aromatic carbocycles. The van der Waals surface area contributed by atoms with Crippen molar-refractivity contribution in [2.24, 2.45) is 10.1 Å². The molecule has 4 aromatic rings. The van der Waals surface area contributed by atoms with Crippen LogP contribution < -0.4 is 9.75 Å². The summed E-state index contributed by atoms with van der Waals surface area (Å²) < 4.78 is 5.21. The summed E-state index contributed by atoms with van der Waals surface area (Å²) >= 11 is 0. The monoisotopic (exact) mass is 457 g/mol. The van der Waals surface area contributed by atoms with Crippen LogP contribution in [0.15, 0.2) is 125 Å². The van der Waals surface area contributed by atoms with E-state index in [-0.39, 0.29) is 6.04 Å². The number of anilines is 1. The van der Waals surface area contributed by atoms with Crippen molar-refractivity contribution in [2.45, 2.75) is 12.5 Å². The van der Waals surface area contributed by atoms with Gasteiger partial charge in [0.1, 0.15) is 5.75 Å². The molecule has 0 amide bonds. The van der Waals surface area contributed by atoms with Crippen LogP contribution >= 0.6 is 0 Å². The molecule has 0 N–H and O–H groups in total. The van der Waals surface area contributed by atoms with Crippen LogP contribution in [0.5, 0.6) is 5.75 Å². The van der Waals surface area contributed by atoms with Crippen molar-refractivity contribution >= 4 is 29.4 Å². The van der Waals surface area contributed by atoms with Gasteiger partial charge in [0.25, 0.3) is 0 Å². The summed E-state index contributed by atoms with van der Waals surface area (Å²) in [7, 11) is 1.66. The van der Waals surface area contributed by atoms with Crippen molar-refractivity contribution in [1.29, 1.82) is 0 Å². The summed E-state index contributed by atoms with van der Waals surface area (Å²) in [5.74, 6) is 0.824. The maximum absolute atomic E-state index is 5.21. The number of ether oxygens (including phenoxy) is 1. The fourth-order valence-electron chi connectivity index (χ4n) is 4.09. The van der Waals surface area contributed by atoms with E-state index in [4.69, 9.17) is 9.84 Å². The first kappa shape index (κ1) is 22.4. The Morgan fingerprint density at radius 3 is 2.14 bits per heavy atom. The molecular formula is C31H27N3O. The highest BCUT2D eigenvalue weighted by atomic mass is 16.5. The zero-order valence-corrected chi connectivity index (χ0v) is 19.7. The summed E-state index contributed by atoms with van der Waals surface area (Å²) in [6.45, 7) is 0.